The summed E-state index contributed by atoms with van der Waals surface area (Å²) in [6.07, 6.45) is 4.42. The molecule has 1 aliphatic carbocycles. The van der Waals surface area contributed by atoms with Crippen molar-refractivity contribution >= 4 is 15.9 Å². The van der Waals surface area contributed by atoms with Crippen molar-refractivity contribution in [3.05, 3.63) is 29.8 Å². The van der Waals surface area contributed by atoms with Gasteiger partial charge in [-0.05, 0) is 44.4 Å². The molecule has 1 amide bonds. The van der Waals surface area contributed by atoms with Gasteiger partial charge in [0.25, 0.3) is 0 Å². The van der Waals surface area contributed by atoms with E-state index in [1.54, 1.807) is 12.1 Å². The smallest absolute Gasteiger partial charge is 0.243 e. The molecular formula is C20H29N3O3S. The summed E-state index contributed by atoms with van der Waals surface area (Å²) in [7, 11) is -3.49. The van der Waals surface area contributed by atoms with Gasteiger partial charge in [-0.15, -0.1) is 0 Å². The lowest BCUT2D eigenvalue weighted by Crippen LogP contribution is -2.56. The summed E-state index contributed by atoms with van der Waals surface area (Å²) in [6.45, 7) is 5.37. The van der Waals surface area contributed by atoms with Gasteiger partial charge in [0.1, 0.15) is 0 Å². The van der Waals surface area contributed by atoms with E-state index in [0.29, 0.717) is 37.0 Å². The van der Waals surface area contributed by atoms with Crippen LogP contribution in [0.3, 0.4) is 0 Å². The molecule has 27 heavy (non-hydrogen) atoms. The molecule has 1 N–H and O–H groups in total. The monoisotopic (exact) mass is 391 g/mol. The second kappa shape index (κ2) is 7.18. The molecule has 0 bridgehead atoms. The summed E-state index contributed by atoms with van der Waals surface area (Å²) in [6, 6.07) is 6.97. The maximum atomic E-state index is 13.3. The SMILES string of the molecule is Cc1ccc(S(=O)(=O)N2CCN(C(=O)[C@@]34CCCC[C@H]3CNC4)CC2)cc1. The van der Waals surface area contributed by atoms with Crippen LogP contribution in [0.4, 0.5) is 0 Å². The Morgan fingerprint density at radius 2 is 1.81 bits per heavy atom. The van der Waals surface area contributed by atoms with E-state index in [9.17, 15) is 13.2 Å². The Hall–Kier alpha value is -1.44. The second-order valence-corrected chi connectivity index (χ2v) is 10.2. The van der Waals surface area contributed by atoms with Gasteiger partial charge in [-0.1, -0.05) is 30.5 Å². The molecule has 2 aliphatic heterocycles. The third-order valence-electron chi connectivity index (χ3n) is 6.65. The van der Waals surface area contributed by atoms with E-state index in [4.69, 9.17) is 0 Å². The van der Waals surface area contributed by atoms with Crippen molar-refractivity contribution in [2.24, 2.45) is 11.3 Å². The molecule has 2 atom stereocenters. The number of nitrogens with zero attached hydrogens (tertiary/aromatic N) is 2. The van der Waals surface area contributed by atoms with Gasteiger partial charge in [0.15, 0.2) is 0 Å². The first-order valence-electron chi connectivity index (χ1n) is 10.0. The topological polar surface area (TPSA) is 69.7 Å². The standard InChI is InChI=1S/C20H29N3O3S/c1-16-5-7-18(8-6-16)27(25,26)23-12-10-22(11-13-23)19(24)20-9-3-2-4-17(20)14-21-15-20/h5-8,17,21H,2-4,9-15H2,1H3/t17-,20+/m0/s1. The number of aryl methyl sites for hydroxylation is 1. The van der Waals surface area contributed by atoms with Gasteiger partial charge in [0, 0.05) is 32.7 Å². The molecule has 4 rings (SSSR count). The van der Waals surface area contributed by atoms with Crippen LogP contribution in [0.25, 0.3) is 0 Å². The zero-order valence-corrected chi connectivity index (χ0v) is 16.8. The van der Waals surface area contributed by atoms with Gasteiger partial charge in [-0.3, -0.25) is 4.79 Å². The van der Waals surface area contributed by atoms with Crippen molar-refractivity contribution in [3.8, 4) is 0 Å². The van der Waals surface area contributed by atoms with Gasteiger partial charge >= 0.3 is 0 Å². The van der Waals surface area contributed by atoms with Crippen molar-refractivity contribution in [1.82, 2.24) is 14.5 Å². The number of carbonyl (C=O) groups excluding carboxylic acids is 1. The minimum Gasteiger partial charge on any atom is -0.340 e. The molecule has 0 spiro atoms. The van der Waals surface area contributed by atoms with Crippen LogP contribution in [0.15, 0.2) is 29.2 Å². The zero-order valence-electron chi connectivity index (χ0n) is 16.0. The van der Waals surface area contributed by atoms with E-state index in [1.807, 2.05) is 24.0 Å². The number of piperazine rings is 1. The molecule has 0 radical (unpaired) electrons. The molecule has 0 aromatic heterocycles. The Balaban J connectivity index is 1.44. The number of rotatable bonds is 3. The summed E-state index contributed by atoms with van der Waals surface area (Å²) < 4.78 is 27.3. The summed E-state index contributed by atoms with van der Waals surface area (Å²) in [5.41, 5.74) is 0.784. The number of hydrogen-bond donors (Lipinski definition) is 1. The highest BCUT2D eigenvalue weighted by atomic mass is 32.2. The average Bonchev–Trinajstić information content (AvgIpc) is 3.13. The van der Waals surface area contributed by atoms with Crippen LogP contribution in [0, 0.1) is 18.3 Å². The van der Waals surface area contributed by atoms with Crippen molar-refractivity contribution in [2.45, 2.75) is 37.5 Å². The van der Waals surface area contributed by atoms with Gasteiger partial charge in [-0.25, -0.2) is 8.42 Å². The fraction of sp³-hybridized carbons (Fsp3) is 0.650. The summed E-state index contributed by atoms with van der Waals surface area (Å²) >= 11 is 0. The molecule has 7 heteroatoms. The van der Waals surface area contributed by atoms with Crippen LogP contribution in [0.5, 0.6) is 0 Å². The summed E-state index contributed by atoms with van der Waals surface area (Å²) in [5.74, 6) is 0.678. The normalized spacial score (nSPS) is 29.5. The predicted molar refractivity (Wildman–Crippen MR) is 104 cm³/mol. The fourth-order valence-electron chi connectivity index (χ4n) is 4.97. The molecule has 1 saturated carbocycles. The summed E-state index contributed by atoms with van der Waals surface area (Å²) in [5, 5.41) is 3.43. The zero-order chi connectivity index (χ0) is 19.1. The summed E-state index contributed by atoms with van der Waals surface area (Å²) in [4.78, 5) is 15.6. The van der Waals surface area contributed by atoms with Gasteiger partial charge in [0.2, 0.25) is 15.9 Å². The van der Waals surface area contributed by atoms with Gasteiger partial charge in [0.05, 0.1) is 10.3 Å². The molecule has 0 unspecified atom stereocenters. The maximum Gasteiger partial charge on any atom is 0.243 e. The number of carbonyl (C=O) groups is 1. The quantitative estimate of drug-likeness (QED) is 0.850. The Kier molecular flexibility index (Phi) is 5.03. The Labute approximate surface area is 162 Å². The van der Waals surface area contributed by atoms with Gasteiger partial charge in [-0.2, -0.15) is 4.31 Å². The van der Waals surface area contributed by atoms with Crippen molar-refractivity contribution in [3.63, 3.8) is 0 Å². The van der Waals surface area contributed by atoms with Crippen LogP contribution < -0.4 is 5.32 Å². The number of sulfonamides is 1. The van der Waals surface area contributed by atoms with E-state index >= 15 is 0 Å². The fourth-order valence-corrected chi connectivity index (χ4v) is 6.40. The van der Waals surface area contributed by atoms with Crippen LogP contribution in [0.1, 0.15) is 31.2 Å². The molecule has 3 aliphatic rings. The number of nitrogens with one attached hydrogen (secondary N) is 1. The molecule has 1 aromatic rings. The van der Waals surface area contributed by atoms with Crippen LogP contribution in [-0.2, 0) is 14.8 Å². The van der Waals surface area contributed by atoms with Crippen LogP contribution in [-0.4, -0.2) is 62.8 Å². The highest BCUT2D eigenvalue weighted by Crippen LogP contribution is 2.45. The first kappa shape index (κ1) is 18.9. The second-order valence-electron chi connectivity index (χ2n) is 8.24. The van der Waals surface area contributed by atoms with Gasteiger partial charge < -0.3 is 10.2 Å². The Morgan fingerprint density at radius 3 is 2.52 bits per heavy atom. The van der Waals surface area contributed by atoms with Crippen molar-refractivity contribution in [1.29, 1.82) is 0 Å². The predicted octanol–water partition coefficient (Wildman–Crippen LogP) is 1.61. The first-order chi connectivity index (χ1) is 12.9. The first-order valence-corrected chi connectivity index (χ1v) is 11.4. The number of hydrogen-bond acceptors (Lipinski definition) is 4. The van der Waals surface area contributed by atoms with E-state index in [1.165, 1.54) is 10.7 Å². The molecule has 2 saturated heterocycles. The van der Waals surface area contributed by atoms with E-state index in [0.717, 1.165) is 37.9 Å². The number of fused-ring (bicyclic) bond motifs is 1. The lowest BCUT2D eigenvalue weighted by Gasteiger charge is -2.43. The molecular weight excluding hydrogens is 362 g/mol. The highest BCUT2D eigenvalue weighted by Gasteiger charge is 2.51. The third kappa shape index (κ3) is 3.30. The highest BCUT2D eigenvalue weighted by molar-refractivity contribution is 7.89. The van der Waals surface area contributed by atoms with Crippen molar-refractivity contribution < 1.29 is 13.2 Å². The number of benzene rings is 1. The molecule has 2 heterocycles. The maximum absolute atomic E-state index is 13.3. The lowest BCUT2D eigenvalue weighted by molar-refractivity contribution is -0.146. The number of amides is 1. The molecule has 1 aromatic carbocycles. The van der Waals surface area contributed by atoms with Crippen molar-refractivity contribution in [2.75, 3.05) is 39.3 Å². The van der Waals surface area contributed by atoms with Crippen LogP contribution >= 0.6 is 0 Å². The van der Waals surface area contributed by atoms with Crippen LogP contribution in [0.2, 0.25) is 0 Å². The lowest BCUT2D eigenvalue weighted by atomic mass is 9.67. The molecule has 3 fully saturated rings. The largest absolute Gasteiger partial charge is 0.340 e. The van der Waals surface area contributed by atoms with E-state index < -0.39 is 10.0 Å². The third-order valence-corrected chi connectivity index (χ3v) is 8.56. The Morgan fingerprint density at radius 1 is 1.11 bits per heavy atom. The van der Waals surface area contributed by atoms with E-state index in [2.05, 4.69) is 5.32 Å². The minimum atomic E-state index is -3.49. The van der Waals surface area contributed by atoms with E-state index in [-0.39, 0.29) is 11.3 Å². The minimum absolute atomic E-state index is 0.240. The Bertz CT molecular complexity index is 800. The average molecular weight is 392 g/mol. The molecule has 6 nitrogen and oxygen atoms in total. The molecule has 148 valence electrons.